The van der Waals surface area contributed by atoms with E-state index in [0.29, 0.717) is 46.6 Å². The van der Waals surface area contributed by atoms with E-state index in [1.807, 2.05) is 70.9 Å². The van der Waals surface area contributed by atoms with Gasteiger partial charge in [-0.25, -0.2) is 13.2 Å². The van der Waals surface area contributed by atoms with Crippen molar-refractivity contribution in [3.63, 3.8) is 0 Å². The van der Waals surface area contributed by atoms with Crippen LogP contribution in [0.15, 0.2) is 98.0 Å². The highest BCUT2D eigenvalue weighted by atomic mass is 79.9. The Hall–Kier alpha value is -4.13. The average Bonchev–Trinajstić information content (AvgIpc) is 3.89. The second-order valence-electron chi connectivity index (χ2n) is 12.0. The molecule has 2 unspecified atom stereocenters. The minimum atomic E-state index is -4.10. The minimum Gasteiger partial charge on any atom is -0.460 e. The first kappa shape index (κ1) is 32.4. The van der Waals surface area contributed by atoms with Crippen LogP contribution in [-0.4, -0.2) is 63.5 Å². The van der Waals surface area contributed by atoms with Gasteiger partial charge in [0.25, 0.3) is 15.9 Å². The molecule has 0 N–H and O–H groups in total. The number of thiophene rings is 1. The summed E-state index contributed by atoms with van der Waals surface area (Å²) >= 11 is 4.94. The molecule has 2 aliphatic rings. The Morgan fingerprint density at radius 2 is 1.79 bits per heavy atom. The standard InChI is InChI=1S/C36H34BrN3O6S2/c1-3-45-36(42)33-23(2)28-20-27(13-14-32(28)46-33)48(43,44)40(17-15-24-9-5-4-6-10-24)31-12-8-7-11-30(31)38-21-26-19-25(38)22-39(26)35(41)34-29(37)16-18-47-34/h4-14,16,18,20,25-26H,3,15,17,19,21-22H2,1-2H3. The number of halogens is 1. The number of likely N-dealkylation sites (tertiary alicyclic amines) is 1. The average molecular weight is 749 g/mol. The zero-order valence-electron chi connectivity index (χ0n) is 26.5. The van der Waals surface area contributed by atoms with Gasteiger partial charge in [-0.15, -0.1) is 11.3 Å². The number of furan rings is 1. The molecule has 2 bridgehead atoms. The summed E-state index contributed by atoms with van der Waals surface area (Å²) in [6.45, 7) is 5.03. The highest BCUT2D eigenvalue weighted by molar-refractivity contribution is 9.10. The molecule has 9 nitrogen and oxygen atoms in total. The number of esters is 1. The first-order valence-corrected chi connectivity index (χ1v) is 18.9. The number of aryl methyl sites for hydroxylation is 1. The van der Waals surface area contributed by atoms with E-state index in [4.69, 9.17) is 9.15 Å². The number of rotatable bonds is 10. The maximum Gasteiger partial charge on any atom is 0.374 e. The molecular formula is C36H34BrN3O6S2. The molecule has 48 heavy (non-hydrogen) atoms. The summed E-state index contributed by atoms with van der Waals surface area (Å²) in [5.74, 6) is -0.492. The van der Waals surface area contributed by atoms with Crippen LogP contribution in [0, 0.1) is 6.92 Å². The second-order valence-corrected chi connectivity index (χ2v) is 15.6. The molecule has 4 heterocycles. The molecule has 2 aromatic heterocycles. The number of amides is 1. The van der Waals surface area contributed by atoms with Crippen LogP contribution in [-0.2, 0) is 21.2 Å². The number of nitrogens with zero attached hydrogens (tertiary/aromatic N) is 3. The molecule has 3 aromatic carbocycles. The summed E-state index contributed by atoms with van der Waals surface area (Å²) in [6, 6.07) is 24.1. The Balaban J connectivity index is 1.24. The fourth-order valence-corrected chi connectivity index (χ4v) is 9.83. The van der Waals surface area contributed by atoms with Crippen molar-refractivity contribution in [2.75, 3.05) is 35.4 Å². The third-order valence-electron chi connectivity index (χ3n) is 9.18. The lowest BCUT2D eigenvalue weighted by Crippen LogP contribution is -2.49. The van der Waals surface area contributed by atoms with Crippen molar-refractivity contribution < 1.29 is 27.2 Å². The number of benzene rings is 3. The van der Waals surface area contributed by atoms with Crippen LogP contribution in [0.2, 0.25) is 0 Å². The number of piperazine rings is 1. The number of sulfonamides is 1. The quantitative estimate of drug-likeness (QED) is 0.139. The first-order chi connectivity index (χ1) is 23.2. The third-order valence-corrected chi connectivity index (χ3v) is 12.8. The molecule has 0 saturated carbocycles. The molecule has 7 rings (SSSR count). The van der Waals surface area contributed by atoms with Crippen LogP contribution in [0.1, 0.15) is 44.7 Å². The lowest BCUT2D eigenvalue weighted by atomic mass is 10.1. The monoisotopic (exact) mass is 747 g/mol. The second kappa shape index (κ2) is 13.1. The van der Waals surface area contributed by atoms with Crippen LogP contribution in [0.25, 0.3) is 11.0 Å². The summed E-state index contributed by atoms with van der Waals surface area (Å²) in [5.41, 5.74) is 3.35. The van der Waals surface area contributed by atoms with Gasteiger partial charge in [-0.2, -0.15) is 0 Å². The fraction of sp³-hybridized carbons (Fsp3) is 0.278. The minimum absolute atomic E-state index is 0.0269. The van der Waals surface area contributed by atoms with E-state index >= 15 is 0 Å². The van der Waals surface area contributed by atoms with Gasteiger partial charge in [-0.3, -0.25) is 9.10 Å². The lowest BCUT2D eigenvalue weighted by Gasteiger charge is -2.38. The Labute approximate surface area is 291 Å². The summed E-state index contributed by atoms with van der Waals surface area (Å²) in [7, 11) is -4.10. The van der Waals surface area contributed by atoms with Crippen LogP contribution in [0.4, 0.5) is 11.4 Å². The van der Waals surface area contributed by atoms with Gasteiger partial charge in [0.15, 0.2) is 0 Å². The van der Waals surface area contributed by atoms with Crippen LogP contribution in [0.3, 0.4) is 0 Å². The number of hydrogen-bond acceptors (Lipinski definition) is 8. The number of ether oxygens (including phenoxy) is 1. The number of carbonyl (C=O) groups is 2. The van der Waals surface area contributed by atoms with Gasteiger partial charge in [0, 0.05) is 41.1 Å². The highest BCUT2D eigenvalue weighted by Gasteiger charge is 2.47. The van der Waals surface area contributed by atoms with Crippen LogP contribution >= 0.6 is 27.3 Å². The number of para-hydroxylation sites is 2. The largest absolute Gasteiger partial charge is 0.460 e. The van der Waals surface area contributed by atoms with Gasteiger partial charge in [-0.1, -0.05) is 42.5 Å². The topological polar surface area (TPSA) is 100 Å². The van der Waals surface area contributed by atoms with Gasteiger partial charge in [0.05, 0.1) is 28.9 Å². The molecule has 5 aromatic rings. The molecule has 0 aliphatic carbocycles. The highest BCUT2D eigenvalue weighted by Crippen LogP contribution is 2.42. The zero-order chi connectivity index (χ0) is 33.6. The van der Waals surface area contributed by atoms with Crippen molar-refractivity contribution >= 4 is 71.5 Å². The van der Waals surface area contributed by atoms with E-state index in [0.717, 1.165) is 22.1 Å². The maximum atomic E-state index is 14.7. The van der Waals surface area contributed by atoms with Crippen molar-refractivity contribution in [2.45, 2.75) is 43.7 Å². The number of fused-ring (bicyclic) bond motifs is 3. The Bertz CT molecular complexity index is 2110. The molecule has 248 valence electrons. The zero-order valence-corrected chi connectivity index (χ0v) is 29.7. The van der Waals surface area contributed by atoms with Crippen molar-refractivity contribution in [1.82, 2.24) is 4.90 Å². The molecule has 2 atom stereocenters. The predicted octanol–water partition coefficient (Wildman–Crippen LogP) is 7.28. The summed E-state index contributed by atoms with van der Waals surface area (Å²) in [5, 5.41) is 2.44. The molecule has 2 fully saturated rings. The Kier molecular flexibility index (Phi) is 8.82. The smallest absolute Gasteiger partial charge is 0.374 e. The predicted molar refractivity (Wildman–Crippen MR) is 191 cm³/mol. The number of anilines is 2. The van der Waals surface area contributed by atoms with E-state index in [-0.39, 0.29) is 41.8 Å². The fourth-order valence-electron chi connectivity index (χ4n) is 6.83. The third kappa shape index (κ3) is 5.79. The molecule has 1 amide bonds. The van der Waals surface area contributed by atoms with Gasteiger partial charge in [-0.05, 0) is 90.0 Å². The van der Waals surface area contributed by atoms with Crippen LogP contribution in [0.5, 0.6) is 0 Å². The molecule has 0 spiro atoms. The summed E-state index contributed by atoms with van der Waals surface area (Å²) < 4.78 is 42.7. The Morgan fingerprint density at radius 3 is 2.50 bits per heavy atom. The van der Waals surface area contributed by atoms with E-state index < -0.39 is 16.0 Å². The van der Waals surface area contributed by atoms with Gasteiger partial charge >= 0.3 is 5.97 Å². The SMILES string of the molecule is CCOC(=O)c1oc2ccc(S(=O)(=O)N(CCc3ccccc3)c3ccccc3N3CC4CC3CN4C(=O)c3sccc3Br)cc2c1C. The number of carbonyl (C=O) groups excluding carboxylic acids is 2. The normalized spacial score (nSPS) is 17.3. The van der Waals surface area contributed by atoms with Crippen molar-refractivity contribution in [3.8, 4) is 0 Å². The summed E-state index contributed by atoms with van der Waals surface area (Å²) in [4.78, 5) is 30.9. The first-order valence-electron chi connectivity index (χ1n) is 15.8. The molecule has 12 heteroatoms. The molecular weight excluding hydrogens is 714 g/mol. The van der Waals surface area contributed by atoms with E-state index in [1.165, 1.54) is 21.7 Å². The summed E-state index contributed by atoms with van der Waals surface area (Å²) in [6.07, 6.45) is 1.32. The van der Waals surface area contributed by atoms with Gasteiger partial charge in [0.2, 0.25) is 5.76 Å². The van der Waals surface area contributed by atoms with Crippen molar-refractivity contribution in [1.29, 1.82) is 0 Å². The molecule has 0 radical (unpaired) electrons. The lowest BCUT2D eigenvalue weighted by molar-refractivity contribution is 0.0491. The van der Waals surface area contributed by atoms with Crippen molar-refractivity contribution in [3.05, 3.63) is 110 Å². The number of hydrogen-bond donors (Lipinski definition) is 0. The van der Waals surface area contributed by atoms with Gasteiger partial charge < -0.3 is 19.0 Å². The van der Waals surface area contributed by atoms with Crippen LogP contribution < -0.4 is 9.21 Å². The molecule has 2 saturated heterocycles. The Morgan fingerprint density at radius 1 is 1.02 bits per heavy atom. The van der Waals surface area contributed by atoms with E-state index in [9.17, 15) is 18.0 Å². The molecule has 2 aliphatic heterocycles. The van der Waals surface area contributed by atoms with Crippen molar-refractivity contribution in [2.24, 2.45) is 0 Å². The van der Waals surface area contributed by atoms with E-state index in [2.05, 4.69) is 20.8 Å². The van der Waals surface area contributed by atoms with E-state index in [1.54, 1.807) is 26.0 Å². The maximum absolute atomic E-state index is 14.7. The van der Waals surface area contributed by atoms with Gasteiger partial charge in [0.1, 0.15) is 10.5 Å².